The van der Waals surface area contributed by atoms with Gasteiger partial charge in [-0.25, -0.2) is 9.78 Å². The highest BCUT2D eigenvalue weighted by Crippen LogP contribution is 2.37. The van der Waals surface area contributed by atoms with Crippen LogP contribution < -0.4 is 9.47 Å². The Hall–Kier alpha value is -3.43. The topological polar surface area (TPSA) is 65.8 Å². The van der Waals surface area contributed by atoms with Crippen molar-refractivity contribution in [3.05, 3.63) is 41.6 Å². The van der Waals surface area contributed by atoms with Crippen LogP contribution in [0.25, 0.3) is 22.3 Å². The van der Waals surface area contributed by atoms with E-state index in [1.54, 1.807) is 4.90 Å². The molecule has 10 heteroatoms. The number of piperidine rings is 1. The molecule has 1 amide bonds. The van der Waals surface area contributed by atoms with Crippen LogP contribution in [-0.4, -0.2) is 53.7 Å². The van der Waals surface area contributed by atoms with Gasteiger partial charge in [0.05, 0.1) is 29.9 Å². The van der Waals surface area contributed by atoms with Gasteiger partial charge in [-0.3, -0.25) is 0 Å². The second-order valence-corrected chi connectivity index (χ2v) is 9.34. The third-order valence-corrected chi connectivity index (χ3v) is 6.72. The fraction of sp³-hybridized carbons (Fsp3) is 0.481. The zero-order valence-electron chi connectivity index (χ0n) is 21.5. The molecule has 200 valence electrons. The molecule has 3 aromatic rings. The quantitative estimate of drug-likeness (QED) is 0.343. The van der Waals surface area contributed by atoms with Crippen LogP contribution in [-0.2, 0) is 4.74 Å². The monoisotopic (exact) mass is 519 g/mol. The van der Waals surface area contributed by atoms with Crippen molar-refractivity contribution in [2.75, 3.05) is 26.8 Å². The zero-order valence-corrected chi connectivity index (χ0v) is 21.5. The van der Waals surface area contributed by atoms with Gasteiger partial charge in [-0.1, -0.05) is 6.92 Å². The molecule has 1 aliphatic rings. The molecule has 1 unspecified atom stereocenters. The zero-order chi connectivity index (χ0) is 26.7. The number of hydrogen-bond acceptors (Lipinski definition) is 5. The summed E-state index contributed by atoms with van der Waals surface area (Å²) in [6.45, 7) is 7.62. The molecule has 2 aromatic heterocycles. The van der Waals surface area contributed by atoms with Gasteiger partial charge in [0.1, 0.15) is 18.1 Å². The third-order valence-electron chi connectivity index (χ3n) is 6.72. The maximum atomic E-state index is 12.7. The molecule has 0 N–H and O–H groups in total. The predicted molar refractivity (Wildman–Crippen MR) is 134 cm³/mol. The lowest BCUT2D eigenvalue weighted by atomic mass is 10.0. The van der Waals surface area contributed by atoms with Crippen molar-refractivity contribution in [1.29, 1.82) is 0 Å². The Morgan fingerprint density at radius 1 is 1.11 bits per heavy atom. The molecule has 0 radical (unpaired) electrons. The Morgan fingerprint density at radius 2 is 1.84 bits per heavy atom. The number of carbonyl (C=O) groups is 1. The van der Waals surface area contributed by atoms with E-state index in [0.29, 0.717) is 11.3 Å². The minimum atomic E-state index is -4.79. The molecule has 1 fully saturated rings. The summed E-state index contributed by atoms with van der Waals surface area (Å²) in [6.07, 6.45) is 0.841. The second kappa shape index (κ2) is 10.9. The van der Waals surface area contributed by atoms with Crippen molar-refractivity contribution in [2.45, 2.75) is 58.9 Å². The number of alkyl halides is 3. The van der Waals surface area contributed by atoms with Gasteiger partial charge in [-0.2, -0.15) is 0 Å². The molecule has 7 nitrogen and oxygen atoms in total. The van der Waals surface area contributed by atoms with Gasteiger partial charge in [0, 0.05) is 30.9 Å². The number of halogens is 3. The first-order chi connectivity index (χ1) is 17.6. The summed E-state index contributed by atoms with van der Waals surface area (Å²) in [6, 6.07) is 5.90. The molecule has 1 aromatic carbocycles. The Bertz CT molecular complexity index is 1270. The summed E-state index contributed by atoms with van der Waals surface area (Å²) in [5.74, 6) is -0.135. The number of rotatable bonds is 7. The second-order valence-electron chi connectivity index (χ2n) is 9.34. The fourth-order valence-corrected chi connectivity index (χ4v) is 4.79. The molecule has 0 aliphatic carbocycles. The van der Waals surface area contributed by atoms with E-state index in [1.807, 2.05) is 33.0 Å². The van der Waals surface area contributed by atoms with E-state index < -0.39 is 6.36 Å². The highest BCUT2D eigenvalue weighted by atomic mass is 19.4. The number of methoxy groups -OCH3 is 1. The molecule has 0 spiro atoms. The van der Waals surface area contributed by atoms with E-state index in [4.69, 9.17) is 14.5 Å². The largest absolute Gasteiger partial charge is 0.573 e. The highest BCUT2D eigenvalue weighted by molar-refractivity contribution is 5.85. The van der Waals surface area contributed by atoms with E-state index in [1.165, 1.54) is 25.3 Å². The van der Waals surface area contributed by atoms with E-state index in [0.717, 1.165) is 60.9 Å². The molecule has 3 heterocycles. The van der Waals surface area contributed by atoms with Crippen molar-refractivity contribution >= 4 is 17.1 Å². The summed E-state index contributed by atoms with van der Waals surface area (Å²) in [5.41, 5.74) is 4.59. The first kappa shape index (κ1) is 26.6. The summed E-state index contributed by atoms with van der Waals surface area (Å²) < 4.78 is 55.2. The standard InChI is InChI=1S/C27H32F3N3O4/c1-5-19(16-36-26(34)32-11-7-6-8-12-32)33-15-18(3)25-22(33)13-17(2)24(31-25)21-10-9-20(14-23(21)35-4)37-27(28,29)30/h9-10,13-15,19H,5-8,11-12,16H2,1-4H3. The van der Waals surface area contributed by atoms with Crippen LogP contribution in [0.2, 0.25) is 0 Å². The number of fused-ring (bicyclic) bond motifs is 1. The molecule has 37 heavy (non-hydrogen) atoms. The minimum absolute atomic E-state index is 0.0645. The summed E-state index contributed by atoms with van der Waals surface area (Å²) >= 11 is 0. The number of carbonyl (C=O) groups excluding carboxylic acids is 1. The molecule has 0 saturated carbocycles. The average Bonchev–Trinajstić information content (AvgIpc) is 3.18. The predicted octanol–water partition coefficient (Wildman–Crippen LogP) is 6.80. The first-order valence-electron chi connectivity index (χ1n) is 12.5. The van der Waals surface area contributed by atoms with Gasteiger partial charge in [0.2, 0.25) is 0 Å². The molecule has 1 aliphatic heterocycles. The molecule has 0 bridgehead atoms. The maximum absolute atomic E-state index is 12.7. The molecular formula is C27H32F3N3O4. The van der Waals surface area contributed by atoms with E-state index in [-0.39, 0.29) is 30.2 Å². The molecule has 1 saturated heterocycles. The number of nitrogens with zero attached hydrogens (tertiary/aromatic N) is 3. The number of pyridine rings is 1. The van der Waals surface area contributed by atoms with Crippen LogP contribution in [0.15, 0.2) is 30.5 Å². The lowest BCUT2D eigenvalue weighted by Gasteiger charge is -2.27. The number of hydrogen-bond donors (Lipinski definition) is 0. The number of likely N-dealkylation sites (tertiary alicyclic amines) is 1. The lowest BCUT2D eigenvalue weighted by molar-refractivity contribution is -0.274. The van der Waals surface area contributed by atoms with Crippen LogP contribution in [0.1, 0.15) is 49.8 Å². The van der Waals surface area contributed by atoms with Crippen LogP contribution in [0, 0.1) is 13.8 Å². The van der Waals surface area contributed by atoms with E-state index in [2.05, 4.69) is 9.30 Å². The average molecular weight is 520 g/mol. The van der Waals surface area contributed by atoms with Gasteiger partial charge in [-0.15, -0.1) is 13.2 Å². The van der Waals surface area contributed by atoms with Gasteiger partial charge in [0.25, 0.3) is 0 Å². The number of aromatic nitrogens is 2. The molecule has 1 atom stereocenters. The van der Waals surface area contributed by atoms with Gasteiger partial charge >= 0.3 is 12.5 Å². The normalized spacial score (nSPS) is 15.1. The molecule has 4 rings (SSSR count). The Kier molecular flexibility index (Phi) is 7.85. The van der Waals surface area contributed by atoms with Crippen molar-refractivity contribution in [2.24, 2.45) is 0 Å². The summed E-state index contributed by atoms with van der Waals surface area (Å²) in [7, 11) is 1.39. The third kappa shape index (κ3) is 5.94. The van der Waals surface area contributed by atoms with Crippen LogP contribution in [0.5, 0.6) is 11.5 Å². The lowest BCUT2D eigenvalue weighted by Crippen LogP contribution is -2.36. The first-order valence-corrected chi connectivity index (χ1v) is 12.5. The maximum Gasteiger partial charge on any atom is 0.573 e. The van der Waals surface area contributed by atoms with E-state index in [9.17, 15) is 18.0 Å². The van der Waals surface area contributed by atoms with Crippen molar-refractivity contribution in [3.8, 4) is 22.8 Å². The number of aryl methyl sites for hydroxylation is 2. The van der Waals surface area contributed by atoms with Gasteiger partial charge < -0.3 is 23.7 Å². The number of amides is 1. The van der Waals surface area contributed by atoms with Crippen molar-refractivity contribution in [1.82, 2.24) is 14.5 Å². The van der Waals surface area contributed by atoms with Crippen LogP contribution in [0.4, 0.5) is 18.0 Å². The summed E-state index contributed by atoms with van der Waals surface area (Å²) in [4.78, 5) is 19.2. The van der Waals surface area contributed by atoms with Gasteiger partial charge in [0.15, 0.2) is 0 Å². The van der Waals surface area contributed by atoms with Crippen molar-refractivity contribution < 1.29 is 32.2 Å². The highest BCUT2D eigenvalue weighted by Gasteiger charge is 2.31. The molecular weight excluding hydrogens is 487 g/mol. The number of benzene rings is 1. The van der Waals surface area contributed by atoms with Gasteiger partial charge in [-0.05, 0) is 68.9 Å². The Morgan fingerprint density at radius 3 is 2.49 bits per heavy atom. The number of ether oxygens (including phenoxy) is 3. The minimum Gasteiger partial charge on any atom is -0.496 e. The smallest absolute Gasteiger partial charge is 0.496 e. The summed E-state index contributed by atoms with van der Waals surface area (Å²) in [5, 5.41) is 0. The Balaban J connectivity index is 1.63. The van der Waals surface area contributed by atoms with Crippen LogP contribution >= 0.6 is 0 Å². The van der Waals surface area contributed by atoms with E-state index >= 15 is 0 Å². The Labute approximate surface area is 214 Å². The van der Waals surface area contributed by atoms with Crippen molar-refractivity contribution in [3.63, 3.8) is 0 Å². The van der Waals surface area contributed by atoms with Crippen LogP contribution in [0.3, 0.4) is 0 Å². The SMILES string of the molecule is CCC(COC(=O)N1CCCCC1)n1cc(C)c2nc(-c3ccc(OC(F)(F)F)cc3OC)c(C)cc21. The fourth-order valence-electron chi connectivity index (χ4n) is 4.79.